The van der Waals surface area contributed by atoms with E-state index in [4.69, 9.17) is 5.73 Å². The van der Waals surface area contributed by atoms with Crippen LogP contribution in [0.15, 0.2) is 23.7 Å². The first-order chi connectivity index (χ1) is 9.34. The molecule has 6 heteroatoms. The molecule has 0 aliphatic rings. The van der Waals surface area contributed by atoms with Crippen molar-refractivity contribution in [2.75, 3.05) is 11.1 Å². The maximum Gasteiger partial charge on any atom is 0.232 e. The fourth-order valence-electron chi connectivity index (χ4n) is 1.54. The first-order valence-corrected chi connectivity index (χ1v) is 7.19. The number of nitrogens with one attached hydrogen (secondary N) is 1. The molecule has 0 spiro atoms. The summed E-state index contributed by atoms with van der Waals surface area (Å²) in [5.41, 5.74) is 7.78. The molecule has 0 unspecified atom stereocenters. The fourth-order valence-corrected chi connectivity index (χ4v) is 2.50. The third kappa shape index (κ3) is 3.77. The van der Waals surface area contributed by atoms with Crippen molar-refractivity contribution in [1.29, 1.82) is 0 Å². The van der Waals surface area contributed by atoms with Gasteiger partial charge in [0.1, 0.15) is 0 Å². The smallest absolute Gasteiger partial charge is 0.232 e. The Morgan fingerprint density at radius 1 is 1.40 bits per heavy atom. The Labute approximate surface area is 122 Å². The number of carbonyl (C=O) groups is 1. The second-order valence-electron chi connectivity index (χ2n) is 5.60. The molecular formula is C14H18N4OS. The van der Waals surface area contributed by atoms with Crippen LogP contribution in [0.1, 0.15) is 32.2 Å². The van der Waals surface area contributed by atoms with Crippen LogP contribution >= 0.6 is 11.3 Å². The number of amides is 1. The maximum absolute atomic E-state index is 11.9. The normalized spacial score (nSPS) is 11.3. The monoisotopic (exact) mass is 290 g/mol. The average molecular weight is 290 g/mol. The summed E-state index contributed by atoms with van der Waals surface area (Å²) in [6, 6.07) is 3.48. The second kappa shape index (κ2) is 5.58. The number of aromatic nitrogens is 2. The summed E-state index contributed by atoms with van der Waals surface area (Å²) in [5.74, 6) is -0.128. The van der Waals surface area contributed by atoms with Gasteiger partial charge >= 0.3 is 0 Å². The summed E-state index contributed by atoms with van der Waals surface area (Å²) in [6.45, 7) is 6.27. The van der Waals surface area contributed by atoms with Gasteiger partial charge in [-0.1, -0.05) is 20.8 Å². The molecule has 2 aromatic heterocycles. The van der Waals surface area contributed by atoms with Crippen molar-refractivity contribution in [3.8, 4) is 0 Å². The maximum atomic E-state index is 11.9. The standard InChI is InChI=1S/C14H18N4OS/c1-14(2,3)11-8-20-13(17-11)18-12(19)6-10-5-4-9(15)7-16-10/h4-5,7-8H,6,15H2,1-3H3,(H,17,18,19). The average Bonchev–Trinajstić information content (AvgIpc) is 2.80. The first kappa shape index (κ1) is 14.5. The van der Waals surface area contributed by atoms with E-state index in [0.717, 1.165) is 5.69 Å². The summed E-state index contributed by atoms with van der Waals surface area (Å²) in [6.07, 6.45) is 1.76. The van der Waals surface area contributed by atoms with Crippen LogP contribution in [-0.2, 0) is 16.6 Å². The largest absolute Gasteiger partial charge is 0.397 e. The number of thiazole rings is 1. The van der Waals surface area contributed by atoms with E-state index in [9.17, 15) is 4.79 Å². The van der Waals surface area contributed by atoms with E-state index in [1.807, 2.05) is 5.38 Å². The van der Waals surface area contributed by atoms with Gasteiger partial charge in [-0.15, -0.1) is 11.3 Å². The van der Waals surface area contributed by atoms with Crippen LogP contribution in [0, 0.1) is 0 Å². The highest BCUT2D eigenvalue weighted by molar-refractivity contribution is 7.13. The van der Waals surface area contributed by atoms with E-state index in [0.29, 0.717) is 16.5 Å². The lowest BCUT2D eigenvalue weighted by atomic mass is 9.93. The second-order valence-corrected chi connectivity index (χ2v) is 6.45. The van der Waals surface area contributed by atoms with E-state index < -0.39 is 0 Å². The lowest BCUT2D eigenvalue weighted by molar-refractivity contribution is -0.115. The molecule has 106 valence electrons. The van der Waals surface area contributed by atoms with Gasteiger partial charge in [0.2, 0.25) is 5.91 Å². The third-order valence-electron chi connectivity index (χ3n) is 2.71. The van der Waals surface area contributed by atoms with Crippen LogP contribution in [0.2, 0.25) is 0 Å². The van der Waals surface area contributed by atoms with Crippen LogP contribution in [0.4, 0.5) is 10.8 Å². The molecule has 0 radical (unpaired) electrons. The Bertz CT molecular complexity index is 598. The van der Waals surface area contributed by atoms with Gasteiger partial charge in [0, 0.05) is 16.5 Å². The highest BCUT2D eigenvalue weighted by Gasteiger charge is 2.18. The minimum Gasteiger partial charge on any atom is -0.397 e. The van der Waals surface area contributed by atoms with Gasteiger partial charge < -0.3 is 11.1 Å². The number of carbonyl (C=O) groups excluding carboxylic acids is 1. The molecule has 0 aliphatic carbocycles. The molecule has 0 saturated carbocycles. The lowest BCUT2D eigenvalue weighted by Gasteiger charge is -2.14. The number of hydrogen-bond donors (Lipinski definition) is 2. The molecular weight excluding hydrogens is 272 g/mol. The topological polar surface area (TPSA) is 80.9 Å². The summed E-state index contributed by atoms with van der Waals surface area (Å²) in [5, 5.41) is 5.38. The molecule has 0 aliphatic heterocycles. The van der Waals surface area contributed by atoms with Crippen molar-refractivity contribution in [2.24, 2.45) is 0 Å². The summed E-state index contributed by atoms with van der Waals surface area (Å²) >= 11 is 1.43. The predicted molar refractivity (Wildman–Crippen MR) is 81.8 cm³/mol. The minimum atomic E-state index is -0.128. The zero-order chi connectivity index (χ0) is 14.8. The van der Waals surface area contributed by atoms with Gasteiger partial charge in [0.25, 0.3) is 0 Å². The van der Waals surface area contributed by atoms with E-state index in [2.05, 4.69) is 36.1 Å². The highest BCUT2D eigenvalue weighted by atomic mass is 32.1. The first-order valence-electron chi connectivity index (χ1n) is 6.31. The number of hydrogen-bond acceptors (Lipinski definition) is 5. The molecule has 0 aromatic carbocycles. The molecule has 5 nitrogen and oxygen atoms in total. The quantitative estimate of drug-likeness (QED) is 0.910. The fraction of sp³-hybridized carbons (Fsp3) is 0.357. The van der Waals surface area contributed by atoms with Crippen molar-refractivity contribution in [3.63, 3.8) is 0 Å². The van der Waals surface area contributed by atoms with Crippen molar-refractivity contribution in [2.45, 2.75) is 32.6 Å². The van der Waals surface area contributed by atoms with Crippen LogP contribution in [0.5, 0.6) is 0 Å². The Kier molecular flexibility index (Phi) is 4.04. The predicted octanol–water partition coefficient (Wildman–Crippen LogP) is 2.60. The van der Waals surface area contributed by atoms with E-state index >= 15 is 0 Å². The number of nitrogens with two attached hydrogens (primary N) is 1. The lowest BCUT2D eigenvalue weighted by Crippen LogP contribution is -2.16. The van der Waals surface area contributed by atoms with Crippen molar-refractivity contribution in [1.82, 2.24) is 9.97 Å². The highest BCUT2D eigenvalue weighted by Crippen LogP contribution is 2.26. The Balaban J connectivity index is 1.98. The number of rotatable bonds is 3. The summed E-state index contributed by atoms with van der Waals surface area (Å²) < 4.78 is 0. The molecule has 2 aromatic rings. The van der Waals surface area contributed by atoms with Crippen LogP contribution in [0.25, 0.3) is 0 Å². The number of pyridine rings is 1. The molecule has 0 fully saturated rings. The number of anilines is 2. The van der Waals surface area contributed by atoms with Crippen molar-refractivity contribution < 1.29 is 4.79 Å². The molecule has 0 atom stereocenters. The molecule has 2 heterocycles. The van der Waals surface area contributed by atoms with Gasteiger partial charge in [-0.2, -0.15) is 0 Å². The van der Waals surface area contributed by atoms with E-state index in [1.54, 1.807) is 18.3 Å². The Morgan fingerprint density at radius 3 is 2.70 bits per heavy atom. The number of nitrogens with zero attached hydrogens (tertiary/aromatic N) is 2. The molecule has 0 saturated heterocycles. The van der Waals surface area contributed by atoms with Gasteiger partial charge in [-0.05, 0) is 12.1 Å². The summed E-state index contributed by atoms with van der Waals surface area (Å²) in [7, 11) is 0. The zero-order valence-corrected chi connectivity index (χ0v) is 12.6. The SMILES string of the molecule is CC(C)(C)c1csc(NC(=O)Cc2ccc(N)cn2)n1. The van der Waals surface area contributed by atoms with Gasteiger partial charge in [0.05, 0.1) is 24.0 Å². The van der Waals surface area contributed by atoms with Crippen LogP contribution in [-0.4, -0.2) is 15.9 Å². The Morgan fingerprint density at radius 2 is 2.15 bits per heavy atom. The van der Waals surface area contributed by atoms with E-state index in [1.165, 1.54) is 11.3 Å². The van der Waals surface area contributed by atoms with Gasteiger partial charge in [0.15, 0.2) is 5.13 Å². The molecule has 20 heavy (non-hydrogen) atoms. The third-order valence-corrected chi connectivity index (χ3v) is 3.47. The molecule has 1 amide bonds. The van der Waals surface area contributed by atoms with Crippen LogP contribution in [0.3, 0.4) is 0 Å². The van der Waals surface area contributed by atoms with Gasteiger partial charge in [-0.3, -0.25) is 9.78 Å². The molecule has 0 bridgehead atoms. The Hall–Kier alpha value is -1.95. The van der Waals surface area contributed by atoms with Crippen molar-refractivity contribution >= 4 is 28.1 Å². The van der Waals surface area contributed by atoms with Gasteiger partial charge in [-0.25, -0.2) is 4.98 Å². The summed E-state index contributed by atoms with van der Waals surface area (Å²) in [4.78, 5) is 20.4. The minimum absolute atomic E-state index is 0.0159. The van der Waals surface area contributed by atoms with Crippen molar-refractivity contribution in [3.05, 3.63) is 35.1 Å². The molecule has 3 N–H and O–H groups in total. The molecule has 2 rings (SSSR count). The van der Waals surface area contributed by atoms with E-state index in [-0.39, 0.29) is 17.7 Å². The number of nitrogen functional groups attached to an aromatic ring is 1. The zero-order valence-electron chi connectivity index (χ0n) is 11.8. The van der Waals surface area contributed by atoms with Crippen LogP contribution < -0.4 is 11.1 Å².